The van der Waals surface area contributed by atoms with Gasteiger partial charge in [-0.25, -0.2) is 9.97 Å². The quantitative estimate of drug-likeness (QED) is 0.508. The fourth-order valence-corrected chi connectivity index (χ4v) is 3.34. The molecule has 0 aliphatic heterocycles. The zero-order chi connectivity index (χ0) is 20.3. The van der Waals surface area contributed by atoms with E-state index in [4.69, 9.17) is 5.26 Å². The highest BCUT2D eigenvalue weighted by molar-refractivity contribution is 8.00. The van der Waals surface area contributed by atoms with Crippen LogP contribution in [-0.2, 0) is 11.0 Å². The largest absolute Gasteiger partial charge is 0.451 e. The van der Waals surface area contributed by atoms with Crippen molar-refractivity contribution in [3.63, 3.8) is 0 Å². The number of halogens is 3. The molecule has 1 N–H and O–H groups in total. The van der Waals surface area contributed by atoms with Gasteiger partial charge in [0.25, 0.3) is 0 Å². The Hall–Kier alpha value is -3.12. The summed E-state index contributed by atoms with van der Waals surface area (Å²) in [5, 5.41) is 11.4. The first-order valence-corrected chi connectivity index (χ1v) is 8.97. The average molecular weight is 402 g/mol. The predicted molar refractivity (Wildman–Crippen MR) is 99.6 cm³/mol. The van der Waals surface area contributed by atoms with Gasteiger partial charge in [-0.1, -0.05) is 36.0 Å². The monoisotopic (exact) mass is 402 g/mol. The van der Waals surface area contributed by atoms with Crippen molar-refractivity contribution in [3.8, 4) is 6.07 Å². The van der Waals surface area contributed by atoms with Gasteiger partial charge in [0.1, 0.15) is 5.03 Å². The second-order valence-corrected chi connectivity index (χ2v) is 7.14. The smallest absolute Gasteiger partial charge is 0.325 e. The molecule has 142 valence electrons. The Balaban J connectivity index is 1.86. The minimum atomic E-state index is -4.69. The highest BCUT2D eigenvalue weighted by Gasteiger charge is 2.35. The Morgan fingerprint density at radius 1 is 1.18 bits per heavy atom. The number of hydrogen-bond donors (Lipinski definition) is 1. The Labute approximate surface area is 162 Å². The lowest BCUT2D eigenvalue weighted by Crippen LogP contribution is -2.23. The molecule has 0 saturated carbocycles. The second kappa shape index (κ2) is 7.86. The van der Waals surface area contributed by atoms with Crippen LogP contribution in [0.1, 0.15) is 18.3 Å². The van der Waals surface area contributed by atoms with Crippen LogP contribution in [0.5, 0.6) is 0 Å². The number of benzene rings is 2. The molecule has 0 fully saturated rings. The summed E-state index contributed by atoms with van der Waals surface area (Å²) in [4.78, 5) is 19.7. The van der Waals surface area contributed by atoms with Crippen molar-refractivity contribution in [1.82, 2.24) is 9.97 Å². The van der Waals surface area contributed by atoms with E-state index in [1.54, 1.807) is 43.3 Å². The van der Waals surface area contributed by atoms with Gasteiger partial charge < -0.3 is 5.32 Å². The second-order valence-electron chi connectivity index (χ2n) is 5.81. The molecule has 1 heterocycles. The van der Waals surface area contributed by atoms with Crippen LogP contribution in [0, 0.1) is 11.3 Å². The summed E-state index contributed by atoms with van der Waals surface area (Å²) in [7, 11) is 0. The van der Waals surface area contributed by atoms with Gasteiger partial charge in [0.15, 0.2) is 0 Å². The maximum absolute atomic E-state index is 13.1. The molecule has 5 nitrogen and oxygen atoms in total. The number of carbonyl (C=O) groups excluding carboxylic acids is 1. The number of rotatable bonds is 4. The lowest BCUT2D eigenvalue weighted by atomic mass is 10.2. The minimum absolute atomic E-state index is 0.0753. The van der Waals surface area contributed by atoms with E-state index in [-0.39, 0.29) is 10.5 Å². The minimum Gasteiger partial charge on any atom is -0.325 e. The molecule has 1 aromatic heterocycles. The molecule has 9 heteroatoms. The van der Waals surface area contributed by atoms with E-state index in [9.17, 15) is 18.0 Å². The van der Waals surface area contributed by atoms with Crippen molar-refractivity contribution >= 4 is 34.3 Å². The van der Waals surface area contributed by atoms with Crippen LogP contribution in [0.4, 0.5) is 18.9 Å². The predicted octanol–water partition coefficient (Wildman–Crippen LogP) is 4.64. The van der Waals surface area contributed by atoms with Crippen molar-refractivity contribution in [3.05, 3.63) is 59.9 Å². The standard InChI is InChI=1S/C19H13F3N4OS/c1-11(16(27)24-13-6-4-5-12(9-13)10-23)28-17-14-7-2-3-8-15(14)25-18(26-17)19(20,21)22/h2-9,11H,1H3,(H,24,27)/t11-/m0/s1. The summed E-state index contributed by atoms with van der Waals surface area (Å²) in [5.74, 6) is -1.67. The van der Waals surface area contributed by atoms with E-state index in [1.165, 1.54) is 12.1 Å². The number of hydrogen-bond acceptors (Lipinski definition) is 5. The van der Waals surface area contributed by atoms with Crippen molar-refractivity contribution in [2.45, 2.75) is 23.4 Å². The van der Waals surface area contributed by atoms with Gasteiger partial charge in [0.05, 0.1) is 22.4 Å². The van der Waals surface area contributed by atoms with E-state index >= 15 is 0 Å². The van der Waals surface area contributed by atoms with E-state index in [1.807, 2.05) is 6.07 Å². The Bertz CT molecular complexity index is 1080. The fourth-order valence-electron chi connectivity index (χ4n) is 2.40. The van der Waals surface area contributed by atoms with Gasteiger partial charge in [-0.2, -0.15) is 18.4 Å². The molecule has 3 rings (SSSR count). The van der Waals surface area contributed by atoms with Gasteiger partial charge >= 0.3 is 6.18 Å². The van der Waals surface area contributed by atoms with E-state index in [0.717, 1.165) is 11.8 Å². The molecule has 3 aromatic rings. The summed E-state index contributed by atoms with van der Waals surface area (Å²) in [6.07, 6.45) is -4.69. The molecule has 0 aliphatic carbocycles. The summed E-state index contributed by atoms with van der Waals surface area (Å²) in [6.45, 7) is 1.57. The SMILES string of the molecule is C[C@H](Sc1nc(C(F)(F)F)nc2ccccc12)C(=O)Nc1cccc(C#N)c1. The number of amides is 1. The van der Waals surface area contributed by atoms with Crippen LogP contribution in [0.2, 0.25) is 0 Å². The average Bonchev–Trinajstić information content (AvgIpc) is 2.67. The maximum atomic E-state index is 13.1. The number of alkyl halides is 3. The molecule has 1 atom stereocenters. The molecule has 0 bridgehead atoms. The van der Waals surface area contributed by atoms with Crippen molar-refractivity contribution < 1.29 is 18.0 Å². The van der Waals surface area contributed by atoms with Crippen molar-refractivity contribution in [2.24, 2.45) is 0 Å². The van der Waals surface area contributed by atoms with Crippen molar-refractivity contribution in [2.75, 3.05) is 5.32 Å². The van der Waals surface area contributed by atoms with Crippen LogP contribution >= 0.6 is 11.8 Å². The highest BCUT2D eigenvalue weighted by Crippen LogP contribution is 2.33. The fraction of sp³-hybridized carbons (Fsp3) is 0.158. The van der Waals surface area contributed by atoms with Crippen LogP contribution in [0.25, 0.3) is 10.9 Å². The molecular formula is C19H13F3N4OS. The lowest BCUT2D eigenvalue weighted by molar-refractivity contribution is -0.145. The molecule has 0 unspecified atom stereocenters. The molecule has 0 radical (unpaired) electrons. The number of thioether (sulfide) groups is 1. The van der Waals surface area contributed by atoms with Gasteiger partial charge in [0.2, 0.25) is 11.7 Å². The lowest BCUT2D eigenvalue weighted by Gasteiger charge is -2.14. The van der Waals surface area contributed by atoms with Gasteiger partial charge in [-0.05, 0) is 31.2 Å². The van der Waals surface area contributed by atoms with Crippen LogP contribution in [0.3, 0.4) is 0 Å². The first-order chi connectivity index (χ1) is 13.3. The number of carbonyl (C=O) groups is 1. The van der Waals surface area contributed by atoms with E-state index < -0.39 is 23.2 Å². The number of anilines is 1. The molecule has 28 heavy (non-hydrogen) atoms. The molecule has 2 aromatic carbocycles. The zero-order valence-corrected chi connectivity index (χ0v) is 15.3. The molecule has 1 amide bonds. The topological polar surface area (TPSA) is 78.7 Å². The number of aromatic nitrogens is 2. The maximum Gasteiger partial charge on any atom is 0.451 e. The molecule has 0 saturated heterocycles. The zero-order valence-electron chi connectivity index (χ0n) is 14.5. The summed E-state index contributed by atoms with van der Waals surface area (Å²) in [6, 6.07) is 14.7. The number of fused-ring (bicyclic) bond motifs is 1. The summed E-state index contributed by atoms with van der Waals surface area (Å²) >= 11 is 0.912. The third-order valence-electron chi connectivity index (χ3n) is 3.74. The van der Waals surface area contributed by atoms with Gasteiger partial charge in [0, 0.05) is 11.1 Å². The normalized spacial score (nSPS) is 12.4. The van der Waals surface area contributed by atoms with Gasteiger partial charge in [-0.15, -0.1) is 0 Å². The first-order valence-electron chi connectivity index (χ1n) is 8.09. The van der Waals surface area contributed by atoms with Gasteiger partial charge in [-0.3, -0.25) is 4.79 Å². The molecule has 0 spiro atoms. The highest BCUT2D eigenvalue weighted by atomic mass is 32.2. The number of para-hydroxylation sites is 1. The number of nitriles is 1. The van der Waals surface area contributed by atoms with Crippen LogP contribution < -0.4 is 5.32 Å². The van der Waals surface area contributed by atoms with Crippen molar-refractivity contribution in [1.29, 1.82) is 5.26 Å². The van der Waals surface area contributed by atoms with Crippen LogP contribution in [0.15, 0.2) is 53.6 Å². The van der Waals surface area contributed by atoms with E-state index in [2.05, 4.69) is 15.3 Å². The summed E-state index contributed by atoms with van der Waals surface area (Å²) in [5.41, 5.74) is 0.969. The number of nitrogens with one attached hydrogen (secondary N) is 1. The molecule has 0 aliphatic rings. The third-order valence-corrected chi connectivity index (χ3v) is 4.84. The third kappa shape index (κ3) is 4.40. The Kier molecular flexibility index (Phi) is 5.51. The molecular weight excluding hydrogens is 389 g/mol. The first kappa shape index (κ1) is 19.6. The summed E-state index contributed by atoms with van der Waals surface area (Å²) < 4.78 is 39.3. The number of nitrogens with zero attached hydrogens (tertiary/aromatic N) is 3. The van der Waals surface area contributed by atoms with Crippen LogP contribution in [-0.4, -0.2) is 21.1 Å². The Morgan fingerprint density at radius 2 is 1.93 bits per heavy atom. The van der Waals surface area contributed by atoms with E-state index in [0.29, 0.717) is 16.6 Å². The Morgan fingerprint density at radius 3 is 2.64 bits per heavy atom.